The number of amides is 1. The van der Waals surface area contributed by atoms with E-state index in [-0.39, 0.29) is 5.91 Å². The van der Waals surface area contributed by atoms with Crippen molar-refractivity contribution >= 4 is 11.7 Å². The average molecular weight is 208 g/mol. The third-order valence-corrected chi connectivity index (χ3v) is 3.02. The Morgan fingerprint density at radius 1 is 1.60 bits per heavy atom. The van der Waals surface area contributed by atoms with Crippen LogP contribution in [0.15, 0.2) is 6.20 Å². The quantitative estimate of drug-likeness (QED) is 0.676. The van der Waals surface area contributed by atoms with Crippen molar-refractivity contribution in [3.63, 3.8) is 0 Å². The van der Waals surface area contributed by atoms with Crippen LogP contribution >= 0.6 is 0 Å². The Kier molecular flexibility index (Phi) is 2.48. The van der Waals surface area contributed by atoms with Gasteiger partial charge in [-0.1, -0.05) is 12.8 Å². The van der Waals surface area contributed by atoms with E-state index in [0.29, 0.717) is 5.82 Å². The highest BCUT2D eigenvalue weighted by Gasteiger charge is 2.37. The zero-order chi connectivity index (χ0) is 10.9. The second-order valence-electron chi connectivity index (χ2n) is 4.25. The molecule has 0 unspecified atom stereocenters. The van der Waals surface area contributed by atoms with Gasteiger partial charge < -0.3 is 11.1 Å². The van der Waals surface area contributed by atoms with E-state index in [0.717, 1.165) is 31.2 Å². The Labute approximate surface area is 88.4 Å². The topological polar surface area (TPSA) is 83.8 Å². The first-order chi connectivity index (χ1) is 7.12. The molecule has 0 saturated heterocycles. The number of aromatic nitrogens is 2. The molecule has 5 nitrogen and oxygen atoms in total. The predicted octanol–water partition coefficient (Wildman–Crippen LogP) is 0.928. The maximum atomic E-state index is 11.9. The molecule has 1 saturated carbocycles. The third kappa shape index (κ3) is 1.87. The minimum atomic E-state index is -0.683. The van der Waals surface area contributed by atoms with E-state index in [9.17, 15) is 4.79 Å². The summed E-state index contributed by atoms with van der Waals surface area (Å²) in [5, 5.41) is 9.37. The molecule has 1 fully saturated rings. The monoisotopic (exact) mass is 208 g/mol. The first-order valence-electron chi connectivity index (χ1n) is 5.22. The molecule has 0 spiro atoms. The number of nitrogens with zero attached hydrogens (tertiary/aromatic N) is 1. The largest absolute Gasteiger partial charge is 0.317 e. The van der Waals surface area contributed by atoms with Crippen molar-refractivity contribution in [3.05, 3.63) is 11.8 Å². The van der Waals surface area contributed by atoms with Crippen molar-refractivity contribution in [2.45, 2.75) is 38.1 Å². The van der Waals surface area contributed by atoms with E-state index < -0.39 is 5.54 Å². The number of carbonyl (C=O) groups is 1. The molecule has 82 valence electrons. The number of H-pyrrole nitrogens is 1. The van der Waals surface area contributed by atoms with Crippen LogP contribution < -0.4 is 11.1 Å². The predicted molar refractivity (Wildman–Crippen MR) is 57.3 cm³/mol. The Hall–Kier alpha value is -1.36. The van der Waals surface area contributed by atoms with E-state index in [1.54, 1.807) is 6.20 Å². The van der Waals surface area contributed by atoms with Gasteiger partial charge >= 0.3 is 0 Å². The lowest BCUT2D eigenvalue weighted by atomic mass is 9.98. The molecule has 0 radical (unpaired) electrons. The van der Waals surface area contributed by atoms with Gasteiger partial charge in [-0.3, -0.25) is 9.89 Å². The first-order valence-corrected chi connectivity index (χ1v) is 5.22. The van der Waals surface area contributed by atoms with Crippen LogP contribution in [0.3, 0.4) is 0 Å². The van der Waals surface area contributed by atoms with Crippen molar-refractivity contribution in [1.82, 2.24) is 10.2 Å². The molecule has 0 atom stereocenters. The van der Waals surface area contributed by atoms with Crippen LogP contribution in [0.25, 0.3) is 0 Å². The lowest BCUT2D eigenvalue weighted by Crippen LogP contribution is -2.48. The molecule has 0 aliphatic heterocycles. The molecule has 1 aliphatic rings. The van der Waals surface area contributed by atoms with Crippen LogP contribution in [-0.2, 0) is 4.79 Å². The summed E-state index contributed by atoms with van der Waals surface area (Å²) in [6.07, 6.45) is 5.28. The fourth-order valence-electron chi connectivity index (χ4n) is 1.94. The van der Waals surface area contributed by atoms with Crippen molar-refractivity contribution in [2.75, 3.05) is 5.32 Å². The summed E-state index contributed by atoms with van der Waals surface area (Å²) >= 11 is 0. The van der Waals surface area contributed by atoms with Gasteiger partial charge in [-0.25, -0.2) is 0 Å². The summed E-state index contributed by atoms with van der Waals surface area (Å²) in [7, 11) is 0. The van der Waals surface area contributed by atoms with E-state index in [1.807, 2.05) is 6.92 Å². The van der Waals surface area contributed by atoms with Gasteiger partial charge in [0, 0.05) is 5.56 Å². The normalized spacial score (nSPS) is 19.1. The van der Waals surface area contributed by atoms with Gasteiger partial charge in [0.25, 0.3) is 0 Å². The minimum Gasteiger partial charge on any atom is -0.317 e. The van der Waals surface area contributed by atoms with Crippen LogP contribution in [-0.4, -0.2) is 21.6 Å². The van der Waals surface area contributed by atoms with Gasteiger partial charge in [0.1, 0.15) is 5.82 Å². The number of hydrogen-bond donors (Lipinski definition) is 3. The van der Waals surface area contributed by atoms with Crippen LogP contribution in [0, 0.1) is 6.92 Å². The van der Waals surface area contributed by atoms with Crippen molar-refractivity contribution in [2.24, 2.45) is 5.73 Å². The minimum absolute atomic E-state index is 0.104. The van der Waals surface area contributed by atoms with Crippen LogP contribution in [0.4, 0.5) is 5.82 Å². The summed E-state index contributed by atoms with van der Waals surface area (Å²) < 4.78 is 0. The first kappa shape index (κ1) is 10.2. The smallest absolute Gasteiger partial charge is 0.245 e. The molecule has 1 aromatic heterocycles. The molecular weight excluding hydrogens is 192 g/mol. The van der Waals surface area contributed by atoms with E-state index in [1.165, 1.54) is 0 Å². The summed E-state index contributed by atoms with van der Waals surface area (Å²) in [6.45, 7) is 1.89. The number of rotatable bonds is 2. The van der Waals surface area contributed by atoms with Gasteiger partial charge in [0.2, 0.25) is 5.91 Å². The fourth-order valence-corrected chi connectivity index (χ4v) is 1.94. The summed E-state index contributed by atoms with van der Waals surface area (Å²) in [5.74, 6) is 0.545. The van der Waals surface area contributed by atoms with Gasteiger partial charge in [-0.05, 0) is 19.8 Å². The second-order valence-corrected chi connectivity index (χ2v) is 4.25. The summed E-state index contributed by atoms with van der Waals surface area (Å²) in [4.78, 5) is 11.9. The average Bonchev–Trinajstić information content (AvgIpc) is 2.78. The maximum Gasteiger partial charge on any atom is 0.245 e. The fraction of sp³-hybridized carbons (Fsp3) is 0.600. The molecule has 1 amide bonds. The van der Waals surface area contributed by atoms with E-state index >= 15 is 0 Å². The number of nitrogens with two attached hydrogens (primary N) is 1. The highest BCUT2D eigenvalue weighted by molar-refractivity contribution is 5.97. The number of carbonyl (C=O) groups excluding carboxylic acids is 1. The number of aryl methyl sites for hydroxylation is 1. The summed E-state index contributed by atoms with van der Waals surface area (Å²) in [6, 6.07) is 0. The Morgan fingerprint density at radius 3 is 2.80 bits per heavy atom. The van der Waals surface area contributed by atoms with Gasteiger partial charge in [0.05, 0.1) is 11.7 Å². The Morgan fingerprint density at radius 2 is 2.27 bits per heavy atom. The van der Waals surface area contributed by atoms with Crippen molar-refractivity contribution in [1.29, 1.82) is 0 Å². The molecular formula is C10H16N4O. The number of aromatic amines is 1. The number of nitrogens with one attached hydrogen (secondary N) is 2. The molecule has 1 aromatic rings. The SMILES string of the molecule is Cc1cn[nH]c1NC(=O)C1(N)CCCC1. The van der Waals surface area contributed by atoms with Crippen LogP contribution in [0.2, 0.25) is 0 Å². The van der Waals surface area contributed by atoms with Gasteiger partial charge in [0.15, 0.2) is 0 Å². The molecule has 1 heterocycles. The van der Waals surface area contributed by atoms with Crippen LogP contribution in [0.5, 0.6) is 0 Å². The molecule has 0 aromatic carbocycles. The lowest BCUT2D eigenvalue weighted by Gasteiger charge is -2.21. The highest BCUT2D eigenvalue weighted by Crippen LogP contribution is 2.28. The maximum absolute atomic E-state index is 11.9. The Balaban J connectivity index is 2.07. The van der Waals surface area contributed by atoms with E-state index in [2.05, 4.69) is 15.5 Å². The number of hydrogen-bond acceptors (Lipinski definition) is 3. The zero-order valence-electron chi connectivity index (χ0n) is 8.84. The molecule has 5 heteroatoms. The highest BCUT2D eigenvalue weighted by atomic mass is 16.2. The molecule has 15 heavy (non-hydrogen) atoms. The Bertz CT molecular complexity index is 365. The van der Waals surface area contributed by atoms with E-state index in [4.69, 9.17) is 5.73 Å². The molecule has 0 bridgehead atoms. The second kappa shape index (κ2) is 3.66. The number of anilines is 1. The molecule has 1 aliphatic carbocycles. The van der Waals surface area contributed by atoms with Crippen molar-refractivity contribution < 1.29 is 4.79 Å². The standard InChI is InChI=1S/C10H16N4O/c1-7-6-12-14-8(7)13-9(15)10(11)4-2-3-5-10/h6H,2-5,11H2,1H3,(H2,12,13,14,15). The molecule has 2 rings (SSSR count). The molecule has 4 N–H and O–H groups in total. The van der Waals surface area contributed by atoms with Gasteiger partial charge in [-0.2, -0.15) is 5.10 Å². The van der Waals surface area contributed by atoms with Gasteiger partial charge in [-0.15, -0.1) is 0 Å². The lowest BCUT2D eigenvalue weighted by molar-refractivity contribution is -0.121. The summed E-state index contributed by atoms with van der Waals surface area (Å²) in [5.41, 5.74) is 6.26. The third-order valence-electron chi connectivity index (χ3n) is 3.02. The van der Waals surface area contributed by atoms with Crippen molar-refractivity contribution in [3.8, 4) is 0 Å². The zero-order valence-corrected chi connectivity index (χ0v) is 8.84. The van der Waals surface area contributed by atoms with Crippen LogP contribution in [0.1, 0.15) is 31.2 Å².